The summed E-state index contributed by atoms with van der Waals surface area (Å²) >= 11 is 0. The predicted octanol–water partition coefficient (Wildman–Crippen LogP) is 3.28. The Morgan fingerprint density at radius 2 is 1.82 bits per heavy atom. The largest absolute Gasteiger partial charge is 0.311 e. The molecule has 17 heavy (non-hydrogen) atoms. The molecule has 2 nitrogen and oxygen atoms in total. The maximum Gasteiger partial charge on any atom is 0.00938 e. The molecule has 0 bridgehead atoms. The Kier molecular flexibility index (Phi) is 7.14. The molecule has 0 amide bonds. The van der Waals surface area contributed by atoms with Crippen molar-refractivity contribution in [3.05, 3.63) is 0 Å². The molecule has 102 valence electrons. The van der Waals surface area contributed by atoms with Gasteiger partial charge in [-0.15, -0.1) is 0 Å². The number of nitrogens with one attached hydrogen (secondary N) is 1. The Morgan fingerprint density at radius 3 is 2.35 bits per heavy atom. The molecule has 1 heterocycles. The van der Waals surface area contributed by atoms with E-state index in [0.717, 1.165) is 12.0 Å². The van der Waals surface area contributed by atoms with Crippen molar-refractivity contribution in [3.63, 3.8) is 0 Å². The lowest BCUT2D eigenvalue weighted by Gasteiger charge is -2.34. The summed E-state index contributed by atoms with van der Waals surface area (Å²) < 4.78 is 0. The molecule has 0 aromatic rings. The van der Waals surface area contributed by atoms with Crippen LogP contribution < -0.4 is 5.32 Å². The fraction of sp³-hybridized carbons (Fsp3) is 1.00. The van der Waals surface area contributed by atoms with Gasteiger partial charge in [0, 0.05) is 12.1 Å². The number of nitrogens with zero attached hydrogens (tertiary/aromatic N) is 1. The molecule has 1 saturated heterocycles. The first-order chi connectivity index (χ1) is 8.15. The van der Waals surface area contributed by atoms with Crippen LogP contribution in [0.15, 0.2) is 0 Å². The molecule has 0 saturated carbocycles. The van der Waals surface area contributed by atoms with Crippen LogP contribution in [0.3, 0.4) is 0 Å². The zero-order valence-corrected chi connectivity index (χ0v) is 12.3. The smallest absolute Gasteiger partial charge is 0.00938 e. The van der Waals surface area contributed by atoms with Crippen molar-refractivity contribution in [3.8, 4) is 0 Å². The van der Waals surface area contributed by atoms with E-state index in [2.05, 4.69) is 37.9 Å². The van der Waals surface area contributed by atoms with Crippen LogP contribution in [-0.4, -0.2) is 36.6 Å². The summed E-state index contributed by atoms with van der Waals surface area (Å²) in [6.45, 7) is 13.2. The second-order valence-corrected chi connectivity index (χ2v) is 5.93. The monoisotopic (exact) mass is 240 g/mol. The van der Waals surface area contributed by atoms with Gasteiger partial charge in [0.25, 0.3) is 0 Å². The summed E-state index contributed by atoms with van der Waals surface area (Å²) in [5, 5.41) is 3.82. The standard InChI is InChI=1S/C15H32N2/c1-5-9-17-10-7-15(8-11-17)16-14(4)12-13(3)6-2/h13-16H,5-12H2,1-4H3. The Balaban J connectivity index is 2.16. The Hall–Kier alpha value is -0.0800. The molecular formula is C15H32N2. The van der Waals surface area contributed by atoms with Gasteiger partial charge in [0.2, 0.25) is 0 Å². The highest BCUT2D eigenvalue weighted by Crippen LogP contribution is 2.14. The van der Waals surface area contributed by atoms with E-state index >= 15 is 0 Å². The topological polar surface area (TPSA) is 15.3 Å². The lowest BCUT2D eigenvalue weighted by Crippen LogP contribution is -2.45. The van der Waals surface area contributed by atoms with Crippen LogP contribution in [0.4, 0.5) is 0 Å². The fourth-order valence-corrected chi connectivity index (χ4v) is 2.88. The number of hydrogen-bond donors (Lipinski definition) is 1. The molecule has 2 unspecified atom stereocenters. The highest BCUT2D eigenvalue weighted by molar-refractivity contribution is 4.79. The SMILES string of the molecule is CCCN1CCC(NC(C)CC(C)CC)CC1. The molecule has 0 aromatic heterocycles. The minimum atomic E-state index is 0.688. The molecule has 1 rings (SSSR count). The predicted molar refractivity (Wildman–Crippen MR) is 76.4 cm³/mol. The molecule has 0 radical (unpaired) electrons. The second-order valence-electron chi connectivity index (χ2n) is 5.93. The average Bonchev–Trinajstić information content (AvgIpc) is 2.31. The first-order valence-corrected chi connectivity index (χ1v) is 7.64. The second kappa shape index (κ2) is 8.10. The lowest BCUT2D eigenvalue weighted by atomic mass is 9.98. The van der Waals surface area contributed by atoms with Gasteiger partial charge < -0.3 is 10.2 Å². The molecule has 0 spiro atoms. The first kappa shape index (κ1) is 15.0. The van der Waals surface area contributed by atoms with E-state index in [1.54, 1.807) is 0 Å². The number of likely N-dealkylation sites (tertiary alicyclic amines) is 1. The van der Waals surface area contributed by atoms with Gasteiger partial charge in [-0.2, -0.15) is 0 Å². The van der Waals surface area contributed by atoms with Gasteiger partial charge in [0.05, 0.1) is 0 Å². The summed E-state index contributed by atoms with van der Waals surface area (Å²) in [5.41, 5.74) is 0. The van der Waals surface area contributed by atoms with Gasteiger partial charge in [0.15, 0.2) is 0 Å². The van der Waals surface area contributed by atoms with Crippen LogP contribution in [0.1, 0.15) is 59.8 Å². The van der Waals surface area contributed by atoms with Gasteiger partial charge in [-0.1, -0.05) is 27.2 Å². The van der Waals surface area contributed by atoms with Crippen molar-refractivity contribution in [1.29, 1.82) is 0 Å². The zero-order valence-electron chi connectivity index (χ0n) is 12.3. The Bertz CT molecular complexity index is 185. The number of hydrogen-bond acceptors (Lipinski definition) is 2. The van der Waals surface area contributed by atoms with Gasteiger partial charge in [-0.05, 0) is 58.2 Å². The van der Waals surface area contributed by atoms with Crippen LogP contribution in [-0.2, 0) is 0 Å². The maximum absolute atomic E-state index is 3.82. The van der Waals surface area contributed by atoms with Crippen LogP contribution in [0.2, 0.25) is 0 Å². The van der Waals surface area contributed by atoms with Gasteiger partial charge in [-0.25, -0.2) is 0 Å². The summed E-state index contributed by atoms with van der Waals surface area (Å²) in [6, 6.07) is 1.45. The van der Waals surface area contributed by atoms with Crippen molar-refractivity contribution in [1.82, 2.24) is 10.2 Å². The molecule has 1 aliphatic rings. The van der Waals surface area contributed by atoms with Crippen LogP contribution >= 0.6 is 0 Å². The molecule has 0 aromatic carbocycles. The average molecular weight is 240 g/mol. The summed E-state index contributed by atoms with van der Waals surface area (Å²) in [5.74, 6) is 0.859. The lowest BCUT2D eigenvalue weighted by molar-refractivity contribution is 0.189. The maximum atomic E-state index is 3.82. The van der Waals surface area contributed by atoms with E-state index < -0.39 is 0 Å². The summed E-state index contributed by atoms with van der Waals surface area (Å²) in [4.78, 5) is 2.61. The van der Waals surface area contributed by atoms with Crippen molar-refractivity contribution in [2.45, 2.75) is 71.9 Å². The van der Waals surface area contributed by atoms with E-state index in [-0.39, 0.29) is 0 Å². The van der Waals surface area contributed by atoms with Crippen molar-refractivity contribution in [2.75, 3.05) is 19.6 Å². The molecule has 2 heteroatoms. The molecule has 2 atom stereocenters. The summed E-state index contributed by atoms with van der Waals surface area (Å²) in [7, 11) is 0. The highest BCUT2D eigenvalue weighted by atomic mass is 15.1. The van der Waals surface area contributed by atoms with Crippen LogP contribution in [0.5, 0.6) is 0 Å². The van der Waals surface area contributed by atoms with E-state index in [1.807, 2.05) is 0 Å². The molecule has 0 aliphatic carbocycles. The number of piperidine rings is 1. The number of rotatable bonds is 7. The van der Waals surface area contributed by atoms with Crippen molar-refractivity contribution in [2.24, 2.45) is 5.92 Å². The minimum absolute atomic E-state index is 0.688. The highest BCUT2D eigenvalue weighted by Gasteiger charge is 2.20. The third kappa shape index (κ3) is 5.87. The van der Waals surface area contributed by atoms with Gasteiger partial charge in [-0.3, -0.25) is 0 Å². The first-order valence-electron chi connectivity index (χ1n) is 7.64. The van der Waals surface area contributed by atoms with Crippen LogP contribution in [0, 0.1) is 5.92 Å². The van der Waals surface area contributed by atoms with Crippen molar-refractivity contribution < 1.29 is 0 Å². The Labute approximate surface area is 108 Å². The quantitative estimate of drug-likeness (QED) is 0.735. The molecular weight excluding hydrogens is 208 g/mol. The fourth-order valence-electron chi connectivity index (χ4n) is 2.88. The molecule has 1 N–H and O–H groups in total. The van der Waals surface area contributed by atoms with E-state index in [4.69, 9.17) is 0 Å². The minimum Gasteiger partial charge on any atom is -0.311 e. The summed E-state index contributed by atoms with van der Waals surface area (Å²) in [6.07, 6.45) is 6.60. The third-order valence-corrected chi connectivity index (χ3v) is 4.10. The molecule has 1 aliphatic heterocycles. The zero-order chi connectivity index (χ0) is 12.7. The third-order valence-electron chi connectivity index (χ3n) is 4.10. The van der Waals surface area contributed by atoms with Crippen molar-refractivity contribution >= 4 is 0 Å². The van der Waals surface area contributed by atoms with Gasteiger partial charge in [0.1, 0.15) is 0 Å². The Morgan fingerprint density at radius 1 is 1.18 bits per heavy atom. The van der Waals surface area contributed by atoms with E-state index in [9.17, 15) is 0 Å². The molecule has 1 fully saturated rings. The normalized spacial score (nSPS) is 22.6. The van der Waals surface area contributed by atoms with E-state index in [0.29, 0.717) is 6.04 Å². The van der Waals surface area contributed by atoms with Gasteiger partial charge >= 0.3 is 0 Å². The van der Waals surface area contributed by atoms with Crippen LogP contribution in [0.25, 0.3) is 0 Å². The van der Waals surface area contributed by atoms with E-state index in [1.165, 1.54) is 51.7 Å².